The summed E-state index contributed by atoms with van der Waals surface area (Å²) in [6.07, 6.45) is 3.84. The van der Waals surface area contributed by atoms with Crippen LogP contribution in [0.5, 0.6) is 0 Å². The second-order valence-corrected chi connectivity index (χ2v) is 6.68. The van der Waals surface area contributed by atoms with Gasteiger partial charge in [-0.25, -0.2) is 4.39 Å². The first kappa shape index (κ1) is 15.8. The summed E-state index contributed by atoms with van der Waals surface area (Å²) in [5, 5.41) is 2.80. The standard InChI is InChI=1S/C20H19FN2O2/c21-16-5-1-3-15(11-16)19(24)22-17-9-8-13-4-2-10-23(18(13)12-17)20(25)14-6-7-14/h1,3,5,8-9,11-12,14H,2,4,6-7,10H2,(H,22,24). The summed E-state index contributed by atoms with van der Waals surface area (Å²) in [7, 11) is 0. The van der Waals surface area contributed by atoms with Gasteiger partial charge in [-0.15, -0.1) is 0 Å². The van der Waals surface area contributed by atoms with Crippen molar-refractivity contribution >= 4 is 23.2 Å². The quantitative estimate of drug-likeness (QED) is 0.926. The van der Waals surface area contributed by atoms with E-state index < -0.39 is 5.82 Å². The number of hydrogen-bond donors (Lipinski definition) is 1. The van der Waals surface area contributed by atoms with Crippen molar-refractivity contribution in [2.24, 2.45) is 5.92 Å². The largest absolute Gasteiger partial charge is 0.322 e. The zero-order chi connectivity index (χ0) is 17.4. The number of rotatable bonds is 3. The fraction of sp³-hybridized carbons (Fsp3) is 0.300. The molecule has 2 aromatic carbocycles. The molecule has 1 aliphatic carbocycles. The fourth-order valence-corrected chi connectivity index (χ4v) is 3.26. The monoisotopic (exact) mass is 338 g/mol. The first-order valence-electron chi connectivity index (χ1n) is 8.63. The van der Waals surface area contributed by atoms with Gasteiger partial charge in [-0.05, 0) is 61.6 Å². The predicted molar refractivity (Wildman–Crippen MR) is 94.2 cm³/mol. The Kier molecular flexibility index (Phi) is 3.99. The number of fused-ring (bicyclic) bond motifs is 1. The van der Waals surface area contributed by atoms with Crippen LogP contribution in [0.3, 0.4) is 0 Å². The molecule has 4 rings (SSSR count). The lowest BCUT2D eigenvalue weighted by atomic mass is 10.0. The van der Waals surface area contributed by atoms with Gasteiger partial charge in [0.15, 0.2) is 0 Å². The van der Waals surface area contributed by atoms with Gasteiger partial charge in [0.05, 0.1) is 0 Å². The summed E-state index contributed by atoms with van der Waals surface area (Å²) < 4.78 is 13.3. The molecule has 0 spiro atoms. The van der Waals surface area contributed by atoms with E-state index in [1.165, 1.54) is 18.2 Å². The number of nitrogens with one attached hydrogen (secondary N) is 1. The van der Waals surface area contributed by atoms with Crippen molar-refractivity contribution in [1.82, 2.24) is 0 Å². The second kappa shape index (κ2) is 6.31. The second-order valence-electron chi connectivity index (χ2n) is 6.68. The highest BCUT2D eigenvalue weighted by Gasteiger charge is 2.35. The minimum atomic E-state index is -0.445. The third kappa shape index (κ3) is 3.27. The molecule has 25 heavy (non-hydrogen) atoms. The summed E-state index contributed by atoms with van der Waals surface area (Å²) in [4.78, 5) is 26.7. The zero-order valence-corrected chi connectivity index (χ0v) is 13.8. The van der Waals surface area contributed by atoms with Gasteiger partial charge in [-0.2, -0.15) is 0 Å². The van der Waals surface area contributed by atoms with Gasteiger partial charge in [-0.1, -0.05) is 12.1 Å². The summed E-state index contributed by atoms with van der Waals surface area (Å²) in [6.45, 7) is 0.726. The van der Waals surface area contributed by atoms with Crippen LogP contribution >= 0.6 is 0 Å². The Morgan fingerprint density at radius 2 is 1.96 bits per heavy atom. The maximum absolute atomic E-state index is 13.3. The van der Waals surface area contributed by atoms with Crippen molar-refractivity contribution in [2.75, 3.05) is 16.8 Å². The molecule has 0 aromatic heterocycles. The normalized spacial score (nSPS) is 16.3. The molecular formula is C20H19FN2O2. The first-order valence-corrected chi connectivity index (χ1v) is 8.63. The van der Waals surface area contributed by atoms with Crippen LogP contribution in [0.25, 0.3) is 0 Å². The molecule has 2 aliphatic rings. The molecule has 1 N–H and O–H groups in total. The number of anilines is 2. The number of hydrogen-bond acceptors (Lipinski definition) is 2. The van der Waals surface area contributed by atoms with E-state index in [1.807, 2.05) is 23.1 Å². The smallest absolute Gasteiger partial charge is 0.255 e. The van der Waals surface area contributed by atoms with E-state index in [0.717, 1.165) is 43.5 Å². The van der Waals surface area contributed by atoms with Crippen molar-refractivity contribution in [1.29, 1.82) is 0 Å². The van der Waals surface area contributed by atoms with E-state index in [4.69, 9.17) is 0 Å². The third-order valence-electron chi connectivity index (χ3n) is 4.74. The number of halogens is 1. The highest BCUT2D eigenvalue weighted by Crippen LogP contribution is 2.36. The number of benzene rings is 2. The molecule has 5 heteroatoms. The van der Waals surface area contributed by atoms with Gasteiger partial charge >= 0.3 is 0 Å². The van der Waals surface area contributed by atoms with Crippen LogP contribution in [0, 0.1) is 11.7 Å². The first-order chi connectivity index (χ1) is 12.1. The lowest BCUT2D eigenvalue weighted by molar-refractivity contribution is -0.119. The maximum atomic E-state index is 13.3. The molecule has 1 saturated carbocycles. The molecule has 0 radical (unpaired) electrons. The number of carbonyl (C=O) groups excluding carboxylic acids is 2. The summed E-state index contributed by atoms with van der Waals surface area (Å²) >= 11 is 0. The Morgan fingerprint density at radius 3 is 2.72 bits per heavy atom. The molecule has 4 nitrogen and oxygen atoms in total. The third-order valence-corrected chi connectivity index (χ3v) is 4.74. The Balaban J connectivity index is 1.58. The molecular weight excluding hydrogens is 319 g/mol. The van der Waals surface area contributed by atoms with Crippen molar-refractivity contribution in [3.05, 3.63) is 59.4 Å². The molecule has 0 atom stereocenters. The fourth-order valence-electron chi connectivity index (χ4n) is 3.26. The maximum Gasteiger partial charge on any atom is 0.255 e. The molecule has 128 valence electrons. The molecule has 1 fully saturated rings. The van der Waals surface area contributed by atoms with Crippen LogP contribution < -0.4 is 10.2 Å². The summed E-state index contributed by atoms with van der Waals surface area (Å²) in [5.41, 5.74) is 2.90. The van der Waals surface area contributed by atoms with Crippen LogP contribution in [-0.2, 0) is 11.2 Å². The van der Waals surface area contributed by atoms with Crippen LogP contribution in [-0.4, -0.2) is 18.4 Å². The Morgan fingerprint density at radius 1 is 1.12 bits per heavy atom. The number of nitrogens with zero attached hydrogens (tertiary/aromatic N) is 1. The molecule has 0 saturated heterocycles. The predicted octanol–water partition coefficient (Wildman–Crippen LogP) is 3.77. The number of carbonyl (C=O) groups is 2. The van der Waals surface area contributed by atoms with Crippen molar-refractivity contribution in [3.8, 4) is 0 Å². The van der Waals surface area contributed by atoms with Crippen LogP contribution in [0.2, 0.25) is 0 Å². The average Bonchev–Trinajstić information content (AvgIpc) is 3.45. The van der Waals surface area contributed by atoms with Gasteiger partial charge in [0.1, 0.15) is 5.82 Å². The Bertz CT molecular complexity index is 845. The van der Waals surface area contributed by atoms with Gasteiger partial charge in [-0.3, -0.25) is 9.59 Å². The molecule has 0 unspecified atom stereocenters. The number of aryl methyl sites for hydroxylation is 1. The Hall–Kier alpha value is -2.69. The zero-order valence-electron chi connectivity index (χ0n) is 13.8. The van der Waals surface area contributed by atoms with Crippen LogP contribution in [0.15, 0.2) is 42.5 Å². The molecule has 2 amide bonds. The summed E-state index contributed by atoms with van der Waals surface area (Å²) in [5.74, 6) is -0.458. The van der Waals surface area contributed by atoms with Crippen LogP contribution in [0.1, 0.15) is 35.2 Å². The molecule has 1 heterocycles. The lowest BCUT2D eigenvalue weighted by Gasteiger charge is -2.30. The van der Waals surface area contributed by atoms with Crippen molar-refractivity contribution in [2.45, 2.75) is 25.7 Å². The number of amides is 2. The van der Waals surface area contributed by atoms with E-state index in [0.29, 0.717) is 5.69 Å². The van der Waals surface area contributed by atoms with E-state index in [1.54, 1.807) is 6.07 Å². The lowest BCUT2D eigenvalue weighted by Crippen LogP contribution is -2.36. The minimum absolute atomic E-state index is 0.163. The van der Waals surface area contributed by atoms with Crippen molar-refractivity contribution < 1.29 is 14.0 Å². The Labute approximate surface area is 145 Å². The average molecular weight is 338 g/mol. The highest BCUT2D eigenvalue weighted by atomic mass is 19.1. The van der Waals surface area contributed by atoms with Gasteiger partial charge in [0, 0.05) is 29.4 Å². The SMILES string of the molecule is O=C(Nc1ccc2c(c1)N(C(=O)C1CC1)CCC2)c1cccc(F)c1. The van der Waals surface area contributed by atoms with E-state index in [9.17, 15) is 14.0 Å². The van der Waals surface area contributed by atoms with Gasteiger partial charge in [0.2, 0.25) is 5.91 Å². The molecule has 1 aliphatic heterocycles. The van der Waals surface area contributed by atoms with Gasteiger partial charge in [0.25, 0.3) is 5.91 Å². The minimum Gasteiger partial charge on any atom is -0.322 e. The van der Waals surface area contributed by atoms with E-state index in [2.05, 4.69) is 5.32 Å². The van der Waals surface area contributed by atoms with Gasteiger partial charge < -0.3 is 10.2 Å². The van der Waals surface area contributed by atoms with E-state index in [-0.39, 0.29) is 23.3 Å². The van der Waals surface area contributed by atoms with Crippen LogP contribution in [0.4, 0.5) is 15.8 Å². The van der Waals surface area contributed by atoms with Crippen molar-refractivity contribution in [3.63, 3.8) is 0 Å². The topological polar surface area (TPSA) is 49.4 Å². The molecule has 2 aromatic rings. The highest BCUT2D eigenvalue weighted by molar-refractivity contribution is 6.05. The molecule has 0 bridgehead atoms. The van der Waals surface area contributed by atoms with E-state index >= 15 is 0 Å². The summed E-state index contributed by atoms with van der Waals surface area (Å²) in [6, 6.07) is 11.2.